The Kier molecular flexibility index (Phi) is 4.20. The van der Waals surface area contributed by atoms with Gasteiger partial charge in [-0.3, -0.25) is 4.79 Å². The highest BCUT2D eigenvalue weighted by molar-refractivity contribution is 7.89. The normalized spacial score (nSPS) is 21.2. The van der Waals surface area contributed by atoms with E-state index in [-0.39, 0.29) is 10.8 Å². The second-order valence-corrected chi connectivity index (χ2v) is 7.70. The molecule has 0 bridgehead atoms. The highest BCUT2D eigenvalue weighted by atomic mass is 32.2. The summed E-state index contributed by atoms with van der Waals surface area (Å²) < 4.78 is 38.0. The molecule has 1 amide bonds. The van der Waals surface area contributed by atoms with E-state index in [2.05, 4.69) is 0 Å². The number of ether oxygens (including phenoxy) is 2. The predicted octanol–water partition coefficient (Wildman–Crippen LogP) is 0.699. The summed E-state index contributed by atoms with van der Waals surface area (Å²) >= 11 is 0. The molecule has 1 saturated heterocycles. The van der Waals surface area contributed by atoms with E-state index in [1.807, 2.05) is 0 Å². The Morgan fingerprint density at radius 2 is 1.91 bits per heavy atom. The van der Waals surface area contributed by atoms with Crippen LogP contribution in [0.15, 0.2) is 23.1 Å². The highest BCUT2D eigenvalue weighted by Gasteiger charge is 2.40. The molecule has 1 aromatic rings. The van der Waals surface area contributed by atoms with E-state index >= 15 is 0 Å². The number of amides is 1. The van der Waals surface area contributed by atoms with E-state index < -0.39 is 16.1 Å². The van der Waals surface area contributed by atoms with Crippen molar-refractivity contribution in [1.29, 1.82) is 0 Å². The van der Waals surface area contributed by atoms with Crippen LogP contribution in [0, 0.1) is 0 Å². The lowest BCUT2D eigenvalue weighted by molar-refractivity contribution is -0.132. The molecule has 1 fully saturated rings. The Hall–Kier alpha value is -1.80. The largest absolute Gasteiger partial charge is 0.486 e. The summed E-state index contributed by atoms with van der Waals surface area (Å²) in [6.07, 6.45) is 1.22. The van der Waals surface area contributed by atoms with E-state index in [0.717, 1.165) is 0 Å². The number of carbonyl (C=O) groups excluding carboxylic acids is 1. The van der Waals surface area contributed by atoms with Gasteiger partial charge in [-0.25, -0.2) is 8.42 Å². The van der Waals surface area contributed by atoms with Crippen LogP contribution in [-0.2, 0) is 14.8 Å². The average molecular weight is 340 g/mol. The van der Waals surface area contributed by atoms with Gasteiger partial charge in [-0.05, 0) is 25.0 Å². The van der Waals surface area contributed by atoms with Crippen LogP contribution in [-0.4, -0.2) is 63.4 Å². The van der Waals surface area contributed by atoms with Crippen molar-refractivity contribution < 1.29 is 22.7 Å². The first kappa shape index (κ1) is 16.1. The van der Waals surface area contributed by atoms with Gasteiger partial charge in [0.15, 0.2) is 11.5 Å². The van der Waals surface area contributed by atoms with Crippen molar-refractivity contribution in [2.45, 2.75) is 23.8 Å². The molecule has 2 heterocycles. The molecule has 1 atom stereocenters. The molecule has 23 heavy (non-hydrogen) atoms. The van der Waals surface area contributed by atoms with Gasteiger partial charge in [0.25, 0.3) is 0 Å². The van der Waals surface area contributed by atoms with Crippen molar-refractivity contribution >= 4 is 15.9 Å². The van der Waals surface area contributed by atoms with Crippen molar-refractivity contribution in [1.82, 2.24) is 9.21 Å². The molecule has 0 aromatic heterocycles. The molecular formula is C15H20N2O5S. The summed E-state index contributed by atoms with van der Waals surface area (Å²) in [4.78, 5) is 13.8. The predicted molar refractivity (Wildman–Crippen MR) is 83.0 cm³/mol. The molecule has 0 N–H and O–H groups in total. The van der Waals surface area contributed by atoms with Crippen molar-refractivity contribution in [3.8, 4) is 11.5 Å². The maximum atomic E-state index is 12.9. The molecular weight excluding hydrogens is 320 g/mol. The summed E-state index contributed by atoms with van der Waals surface area (Å²) in [7, 11) is -0.481. The molecule has 8 heteroatoms. The van der Waals surface area contributed by atoms with Gasteiger partial charge in [0.05, 0.1) is 4.90 Å². The molecule has 0 aliphatic carbocycles. The zero-order valence-corrected chi connectivity index (χ0v) is 14.0. The first-order valence-electron chi connectivity index (χ1n) is 7.54. The van der Waals surface area contributed by atoms with Crippen LogP contribution in [0.1, 0.15) is 12.8 Å². The number of carbonyl (C=O) groups is 1. The van der Waals surface area contributed by atoms with Crippen LogP contribution in [0.5, 0.6) is 11.5 Å². The Morgan fingerprint density at radius 1 is 1.22 bits per heavy atom. The molecule has 1 aromatic carbocycles. The van der Waals surface area contributed by atoms with E-state index in [1.54, 1.807) is 20.2 Å². The van der Waals surface area contributed by atoms with Crippen LogP contribution >= 0.6 is 0 Å². The fourth-order valence-corrected chi connectivity index (χ4v) is 4.56. The number of fused-ring (bicyclic) bond motifs is 1. The summed E-state index contributed by atoms with van der Waals surface area (Å²) in [5.41, 5.74) is 0. The molecule has 0 radical (unpaired) electrons. The first-order valence-corrected chi connectivity index (χ1v) is 8.98. The number of benzene rings is 1. The SMILES string of the molecule is CN(C)C(=O)[C@@H]1CCCN1S(=O)(=O)c1ccc2c(c1)OCCO2. The van der Waals surface area contributed by atoms with Gasteiger partial charge >= 0.3 is 0 Å². The molecule has 0 spiro atoms. The lowest BCUT2D eigenvalue weighted by atomic mass is 10.2. The molecule has 2 aliphatic rings. The fourth-order valence-electron chi connectivity index (χ4n) is 2.89. The molecule has 126 valence electrons. The van der Waals surface area contributed by atoms with Crippen LogP contribution in [0.4, 0.5) is 0 Å². The van der Waals surface area contributed by atoms with Gasteiger partial charge in [0.1, 0.15) is 19.3 Å². The molecule has 2 aliphatic heterocycles. The average Bonchev–Trinajstić information content (AvgIpc) is 3.03. The highest BCUT2D eigenvalue weighted by Crippen LogP contribution is 2.34. The zero-order valence-electron chi connectivity index (χ0n) is 13.2. The van der Waals surface area contributed by atoms with E-state index in [0.29, 0.717) is 44.1 Å². The minimum absolute atomic E-state index is 0.125. The van der Waals surface area contributed by atoms with Gasteiger partial charge in [0, 0.05) is 26.7 Å². The number of rotatable bonds is 3. The van der Waals surface area contributed by atoms with Crippen LogP contribution in [0.25, 0.3) is 0 Å². The smallest absolute Gasteiger partial charge is 0.243 e. The van der Waals surface area contributed by atoms with Crippen LogP contribution in [0.3, 0.4) is 0 Å². The molecule has 0 unspecified atom stereocenters. The maximum absolute atomic E-state index is 12.9. The Balaban J connectivity index is 1.93. The number of nitrogens with zero attached hydrogens (tertiary/aromatic N) is 2. The third kappa shape index (κ3) is 2.88. The monoisotopic (exact) mass is 340 g/mol. The third-order valence-corrected chi connectivity index (χ3v) is 5.95. The third-order valence-electron chi connectivity index (χ3n) is 4.05. The van der Waals surface area contributed by atoms with Gasteiger partial charge in [-0.15, -0.1) is 0 Å². The maximum Gasteiger partial charge on any atom is 0.243 e. The molecule has 7 nitrogen and oxygen atoms in total. The molecule has 0 saturated carbocycles. The van der Waals surface area contributed by atoms with Crippen molar-refractivity contribution in [2.75, 3.05) is 33.9 Å². The standard InChI is InChI=1S/C15H20N2O5S/c1-16(2)15(18)12-4-3-7-17(12)23(19,20)11-5-6-13-14(10-11)22-9-8-21-13/h5-6,10,12H,3-4,7-9H2,1-2H3/t12-/m0/s1. The molecule has 3 rings (SSSR count). The van der Waals surface area contributed by atoms with E-state index in [1.165, 1.54) is 21.3 Å². The zero-order chi connectivity index (χ0) is 16.6. The summed E-state index contributed by atoms with van der Waals surface area (Å²) in [5, 5.41) is 0. The second-order valence-electron chi connectivity index (χ2n) is 5.81. The summed E-state index contributed by atoms with van der Waals surface area (Å²) in [6.45, 7) is 1.19. The summed E-state index contributed by atoms with van der Waals surface area (Å²) in [5.74, 6) is 0.771. The van der Waals surface area contributed by atoms with Crippen molar-refractivity contribution in [2.24, 2.45) is 0 Å². The van der Waals surface area contributed by atoms with E-state index in [9.17, 15) is 13.2 Å². The van der Waals surface area contributed by atoms with Crippen LogP contribution in [0.2, 0.25) is 0 Å². The van der Waals surface area contributed by atoms with Gasteiger partial charge in [0.2, 0.25) is 15.9 Å². The van der Waals surface area contributed by atoms with Gasteiger partial charge in [-0.2, -0.15) is 4.31 Å². The van der Waals surface area contributed by atoms with Crippen LogP contribution < -0.4 is 9.47 Å². The summed E-state index contributed by atoms with van der Waals surface area (Å²) in [6, 6.07) is 3.93. The van der Waals surface area contributed by atoms with E-state index in [4.69, 9.17) is 9.47 Å². The Morgan fingerprint density at radius 3 is 2.61 bits per heavy atom. The number of hydrogen-bond acceptors (Lipinski definition) is 5. The van der Waals surface area contributed by atoms with Crippen molar-refractivity contribution in [3.05, 3.63) is 18.2 Å². The van der Waals surface area contributed by atoms with Gasteiger partial charge in [-0.1, -0.05) is 0 Å². The second kappa shape index (κ2) is 6.01. The van der Waals surface area contributed by atoms with Crippen molar-refractivity contribution in [3.63, 3.8) is 0 Å². The topological polar surface area (TPSA) is 76.2 Å². The minimum Gasteiger partial charge on any atom is -0.486 e. The Labute approximate surface area is 135 Å². The number of sulfonamides is 1. The van der Waals surface area contributed by atoms with Gasteiger partial charge < -0.3 is 14.4 Å². The first-order chi connectivity index (χ1) is 10.9. The number of likely N-dealkylation sites (N-methyl/N-ethyl adjacent to an activating group) is 1. The fraction of sp³-hybridized carbons (Fsp3) is 0.533. The quantitative estimate of drug-likeness (QED) is 0.809. The lowest BCUT2D eigenvalue weighted by Gasteiger charge is -2.26. The minimum atomic E-state index is -3.75. The number of hydrogen-bond donors (Lipinski definition) is 0. The Bertz CT molecular complexity index is 717. The lowest BCUT2D eigenvalue weighted by Crippen LogP contribution is -2.45.